The standard InChI is InChI=1S/C9H13NO3S/c1-5(2)4-6(3)7-8(11)10-9(12)14(7)13/h5H,4H2,1-3H3,(H,10,11,12)/b7-6+. The van der Waals surface area contributed by atoms with E-state index in [0.29, 0.717) is 12.3 Å². The molecular weight excluding hydrogens is 202 g/mol. The Morgan fingerprint density at radius 3 is 2.36 bits per heavy atom. The van der Waals surface area contributed by atoms with Crippen LogP contribution in [0.15, 0.2) is 10.5 Å². The number of hydrogen-bond donors (Lipinski definition) is 1. The summed E-state index contributed by atoms with van der Waals surface area (Å²) in [5.74, 6) is -0.130. The Labute approximate surface area is 85.2 Å². The molecule has 5 heteroatoms. The van der Waals surface area contributed by atoms with Crippen molar-refractivity contribution in [3.8, 4) is 0 Å². The van der Waals surface area contributed by atoms with Gasteiger partial charge in [-0.15, -0.1) is 0 Å². The molecule has 14 heavy (non-hydrogen) atoms. The first-order valence-corrected chi connectivity index (χ1v) is 5.55. The molecule has 1 unspecified atom stereocenters. The molecule has 1 rings (SSSR count). The van der Waals surface area contributed by atoms with Crippen molar-refractivity contribution in [2.24, 2.45) is 5.92 Å². The van der Waals surface area contributed by atoms with Gasteiger partial charge in [-0.25, -0.2) is 4.21 Å². The van der Waals surface area contributed by atoms with Gasteiger partial charge in [-0.3, -0.25) is 14.9 Å². The van der Waals surface area contributed by atoms with E-state index in [1.54, 1.807) is 6.92 Å². The van der Waals surface area contributed by atoms with Crippen LogP contribution in [0.5, 0.6) is 0 Å². The van der Waals surface area contributed by atoms with Gasteiger partial charge in [0, 0.05) is 0 Å². The topological polar surface area (TPSA) is 63.2 Å². The molecule has 1 atom stereocenters. The Balaban J connectivity index is 3.01. The van der Waals surface area contributed by atoms with Gasteiger partial charge in [0.2, 0.25) is 0 Å². The minimum Gasteiger partial charge on any atom is -0.280 e. The first kappa shape index (κ1) is 11.1. The molecule has 0 radical (unpaired) electrons. The molecule has 4 nitrogen and oxygen atoms in total. The summed E-state index contributed by atoms with van der Waals surface area (Å²) >= 11 is 0. The van der Waals surface area contributed by atoms with Crippen LogP contribution in [0.2, 0.25) is 0 Å². The molecule has 1 N–H and O–H groups in total. The van der Waals surface area contributed by atoms with Gasteiger partial charge in [-0.05, 0) is 19.3 Å². The SMILES string of the molecule is C/C(CC(C)C)=C1/C(=O)NC(=O)S1=O. The Kier molecular flexibility index (Phi) is 3.21. The lowest BCUT2D eigenvalue weighted by Gasteiger charge is -2.05. The molecule has 1 fully saturated rings. The van der Waals surface area contributed by atoms with Crippen molar-refractivity contribution in [1.82, 2.24) is 5.32 Å². The zero-order chi connectivity index (χ0) is 10.9. The summed E-state index contributed by atoms with van der Waals surface area (Å²) in [6.07, 6.45) is 0.682. The Morgan fingerprint density at radius 1 is 1.43 bits per heavy atom. The minimum absolute atomic E-state index is 0.142. The fourth-order valence-electron chi connectivity index (χ4n) is 1.43. The number of hydrogen-bond acceptors (Lipinski definition) is 3. The molecule has 2 amide bonds. The van der Waals surface area contributed by atoms with E-state index in [-0.39, 0.29) is 4.91 Å². The Morgan fingerprint density at radius 2 is 2.00 bits per heavy atom. The second kappa shape index (κ2) is 4.04. The van der Waals surface area contributed by atoms with E-state index >= 15 is 0 Å². The molecule has 1 heterocycles. The second-order valence-corrected chi connectivity index (χ2v) is 5.03. The van der Waals surface area contributed by atoms with Gasteiger partial charge in [-0.1, -0.05) is 19.4 Å². The quantitative estimate of drug-likeness (QED) is 0.706. The van der Waals surface area contributed by atoms with Gasteiger partial charge in [0.15, 0.2) is 0 Å². The van der Waals surface area contributed by atoms with E-state index < -0.39 is 21.9 Å². The molecule has 0 bridgehead atoms. The molecule has 1 saturated heterocycles. The maximum atomic E-state index is 11.4. The number of rotatable bonds is 2. The monoisotopic (exact) mass is 215 g/mol. The highest BCUT2D eigenvalue weighted by Gasteiger charge is 2.34. The third-order valence-corrected chi connectivity index (χ3v) is 3.22. The van der Waals surface area contributed by atoms with Gasteiger partial charge in [-0.2, -0.15) is 0 Å². The van der Waals surface area contributed by atoms with Crippen LogP contribution in [-0.2, 0) is 15.6 Å². The Bertz CT molecular complexity index is 344. The molecule has 1 aliphatic heterocycles. The summed E-state index contributed by atoms with van der Waals surface area (Å²) in [5.41, 5.74) is 0.738. The second-order valence-electron chi connectivity index (χ2n) is 3.72. The molecule has 0 aliphatic carbocycles. The Hall–Kier alpha value is -0.970. The number of carbonyl (C=O) groups is 2. The average molecular weight is 215 g/mol. The van der Waals surface area contributed by atoms with Crippen LogP contribution >= 0.6 is 0 Å². The van der Waals surface area contributed by atoms with E-state index in [1.807, 2.05) is 19.2 Å². The molecular formula is C9H13NO3S. The predicted molar refractivity (Wildman–Crippen MR) is 53.8 cm³/mol. The summed E-state index contributed by atoms with van der Waals surface area (Å²) in [4.78, 5) is 22.3. The first-order chi connectivity index (χ1) is 6.43. The molecule has 0 aromatic carbocycles. The highest BCUT2D eigenvalue weighted by Crippen LogP contribution is 2.21. The minimum atomic E-state index is -1.80. The molecule has 1 aliphatic rings. The van der Waals surface area contributed by atoms with Crippen molar-refractivity contribution in [2.45, 2.75) is 27.2 Å². The van der Waals surface area contributed by atoms with Crippen molar-refractivity contribution in [2.75, 3.05) is 0 Å². The molecule has 0 spiro atoms. The zero-order valence-corrected chi connectivity index (χ0v) is 9.23. The van der Waals surface area contributed by atoms with E-state index in [0.717, 1.165) is 5.57 Å². The van der Waals surface area contributed by atoms with E-state index in [2.05, 4.69) is 0 Å². The van der Waals surface area contributed by atoms with Crippen molar-refractivity contribution in [1.29, 1.82) is 0 Å². The van der Waals surface area contributed by atoms with Crippen LogP contribution in [-0.4, -0.2) is 15.4 Å². The van der Waals surface area contributed by atoms with Crippen LogP contribution in [0, 0.1) is 5.92 Å². The zero-order valence-electron chi connectivity index (χ0n) is 8.42. The number of imide groups is 1. The van der Waals surface area contributed by atoms with Crippen molar-refractivity contribution in [3.05, 3.63) is 10.5 Å². The number of amides is 2. The number of carbonyl (C=O) groups excluding carboxylic acids is 2. The lowest BCUT2D eigenvalue weighted by Crippen LogP contribution is -2.19. The number of allylic oxidation sites excluding steroid dienone is 1. The van der Waals surface area contributed by atoms with E-state index in [9.17, 15) is 13.8 Å². The number of nitrogens with one attached hydrogen (secondary N) is 1. The summed E-state index contributed by atoms with van der Waals surface area (Å²) in [6, 6.07) is 0. The van der Waals surface area contributed by atoms with Gasteiger partial charge in [0.05, 0.1) is 0 Å². The maximum absolute atomic E-state index is 11.4. The van der Waals surface area contributed by atoms with E-state index in [1.165, 1.54) is 0 Å². The smallest absolute Gasteiger partial charge is 0.280 e. The van der Waals surface area contributed by atoms with E-state index in [4.69, 9.17) is 0 Å². The van der Waals surface area contributed by atoms with Crippen LogP contribution in [0.25, 0.3) is 0 Å². The van der Waals surface area contributed by atoms with Gasteiger partial charge < -0.3 is 0 Å². The van der Waals surface area contributed by atoms with Crippen molar-refractivity contribution in [3.63, 3.8) is 0 Å². The van der Waals surface area contributed by atoms with Gasteiger partial charge in [0.1, 0.15) is 15.7 Å². The summed E-state index contributed by atoms with van der Waals surface area (Å²) < 4.78 is 11.4. The van der Waals surface area contributed by atoms with Gasteiger partial charge >= 0.3 is 5.24 Å². The molecule has 0 aromatic heterocycles. The van der Waals surface area contributed by atoms with Crippen LogP contribution < -0.4 is 5.32 Å². The highest BCUT2D eigenvalue weighted by molar-refractivity contribution is 8.05. The third kappa shape index (κ3) is 2.09. The molecule has 0 aromatic rings. The molecule has 0 saturated carbocycles. The van der Waals surface area contributed by atoms with Crippen LogP contribution in [0.4, 0.5) is 4.79 Å². The fourth-order valence-corrected chi connectivity index (χ4v) is 2.42. The van der Waals surface area contributed by atoms with Crippen LogP contribution in [0.3, 0.4) is 0 Å². The third-order valence-electron chi connectivity index (χ3n) is 1.88. The molecule has 78 valence electrons. The fraction of sp³-hybridized carbons (Fsp3) is 0.556. The summed E-state index contributed by atoms with van der Waals surface area (Å²) in [5, 5.41) is 1.33. The average Bonchev–Trinajstić information content (AvgIpc) is 2.25. The lowest BCUT2D eigenvalue weighted by molar-refractivity contribution is -0.115. The maximum Gasteiger partial charge on any atom is 0.321 e. The van der Waals surface area contributed by atoms with Crippen molar-refractivity contribution >= 4 is 21.9 Å². The highest BCUT2D eigenvalue weighted by atomic mass is 32.2. The summed E-state index contributed by atoms with van der Waals surface area (Å²) in [7, 11) is -1.80. The predicted octanol–water partition coefficient (Wildman–Crippen LogP) is 1.30. The first-order valence-electron chi connectivity index (χ1n) is 4.40. The van der Waals surface area contributed by atoms with Gasteiger partial charge in [0.25, 0.3) is 5.91 Å². The normalized spacial score (nSPS) is 25.6. The van der Waals surface area contributed by atoms with Crippen LogP contribution in [0.1, 0.15) is 27.2 Å². The lowest BCUT2D eigenvalue weighted by atomic mass is 10.0. The van der Waals surface area contributed by atoms with Crippen molar-refractivity contribution < 1.29 is 13.8 Å². The largest absolute Gasteiger partial charge is 0.321 e. The summed E-state index contributed by atoms with van der Waals surface area (Å²) in [6.45, 7) is 5.74.